The largest absolute Gasteiger partial charge is 0.497 e. The first-order valence-electron chi connectivity index (χ1n) is 12.3. The van der Waals surface area contributed by atoms with E-state index in [-0.39, 0.29) is 18.0 Å². The highest BCUT2D eigenvalue weighted by Gasteiger charge is 2.25. The molecule has 0 aliphatic rings. The average Bonchev–Trinajstić information content (AvgIpc) is 2.95. The monoisotopic (exact) mass is 529 g/mol. The molecule has 0 aliphatic heterocycles. The van der Waals surface area contributed by atoms with Crippen LogP contribution in [0.3, 0.4) is 0 Å². The molecular weight excluding hydrogens is 498 g/mol. The second-order valence-corrected chi connectivity index (χ2v) is 8.72. The summed E-state index contributed by atoms with van der Waals surface area (Å²) in [5.41, 5.74) is 3.37. The van der Waals surface area contributed by atoms with Crippen molar-refractivity contribution >= 4 is 23.3 Å². The zero-order valence-corrected chi connectivity index (χ0v) is 21.7. The van der Waals surface area contributed by atoms with Crippen LogP contribution in [0, 0.1) is 11.8 Å². The number of benzene rings is 3. The van der Waals surface area contributed by atoms with Crippen molar-refractivity contribution in [3.8, 4) is 17.6 Å². The molecule has 0 heterocycles. The zero-order valence-electron chi connectivity index (χ0n) is 21.7. The predicted molar refractivity (Wildman–Crippen MR) is 147 cm³/mol. The number of Topliss-reactive ketones (excluding diaryl/α,β-unsaturated/α-hetero) is 1. The van der Waals surface area contributed by atoms with Crippen LogP contribution in [0.4, 0.5) is 5.69 Å². The van der Waals surface area contributed by atoms with Gasteiger partial charge in [0.15, 0.2) is 5.78 Å². The number of hydrogen-bond donors (Lipinski definition) is 5. The first-order chi connectivity index (χ1) is 18.8. The van der Waals surface area contributed by atoms with Crippen LogP contribution in [0.15, 0.2) is 72.8 Å². The third-order valence-electron chi connectivity index (χ3n) is 5.69. The normalized spacial score (nSPS) is 11.9. The zero-order chi connectivity index (χ0) is 28.2. The van der Waals surface area contributed by atoms with Gasteiger partial charge in [0.1, 0.15) is 18.4 Å². The van der Waals surface area contributed by atoms with E-state index in [1.54, 1.807) is 55.6 Å². The lowest BCUT2D eigenvalue weighted by atomic mass is 10.1. The summed E-state index contributed by atoms with van der Waals surface area (Å²) in [6.45, 7) is 1.28. The van der Waals surface area contributed by atoms with Gasteiger partial charge in [-0.15, -0.1) is 0 Å². The maximum atomic E-state index is 12.4. The van der Waals surface area contributed by atoms with Crippen molar-refractivity contribution in [1.82, 2.24) is 10.6 Å². The summed E-state index contributed by atoms with van der Waals surface area (Å²) in [5.74, 6) is 5.42. The average molecular weight is 530 g/mol. The van der Waals surface area contributed by atoms with Crippen molar-refractivity contribution < 1.29 is 29.3 Å². The van der Waals surface area contributed by atoms with E-state index < -0.39 is 30.4 Å². The van der Waals surface area contributed by atoms with Crippen LogP contribution in [0.5, 0.6) is 5.75 Å². The summed E-state index contributed by atoms with van der Waals surface area (Å²) in [6, 6.07) is 20.0. The lowest BCUT2D eigenvalue weighted by Gasteiger charge is -2.19. The van der Waals surface area contributed by atoms with Gasteiger partial charge < -0.3 is 30.9 Å². The van der Waals surface area contributed by atoms with Crippen molar-refractivity contribution in [1.29, 1.82) is 0 Å². The van der Waals surface area contributed by atoms with Crippen LogP contribution in [-0.2, 0) is 16.1 Å². The third kappa shape index (κ3) is 9.09. The molecule has 3 rings (SSSR count). The Kier molecular flexibility index (Phi) is 10.8. The smallest absolute Gasteiger partial charge is 0.251 e. The number of carbonyl (C=O) groups is 3. The summed E-state index contributed by atoms with van der Waals surface area (Å²) in [5, 5.41) is 27.1. The molecule has 9 nitrogen and oxygen atoms in total. The molecule has 0 saturated heterocycles. The minimum Gasteiger partial charge on any atom is -0.497 e. The summed E-state index contributed by atoms with van der Waals surface area (Å²) in [4.78, 5) is 36.3. The van der Waals surface area contributed by atoms with Gasteiger partial charge in [-0.1, -0.05) is 24.0 Å². The second kappa shape index (κ2) is 14.4. The number of rotatable bonds is 11. The highest BCUT2D eigenvalue weighted by Crippen LogP contribution is 2.12. The number of aliphatic hydroxyl groups is 2. The minimum atomic E-state index is -1.19. The van der Waals surface area contributed by atoms with E-state index in [1.165, 1.54) is 6.92 Å². The van der Waals surface area contributed by atoms with E-state index in [0.29, 0.717) is 17.8 Å². The van der Waals surface area contributed by atoms with Gasteiger partial charge in [0.05, 0.1) is 19.8 Å². The molecular formula is C30H31N3O6. The lowest BCUT2D eigenvalue weighted by Crippen LogP contribution is -2.48. The number of amides is 2. The number of carbonyl (C=O) groups excluding carboxylic acids is 3. The van der Waals surface area contributed by atoms with Crippen molar-refractivity contribution in [3.63, 3.8) is 0 Å². The molecule has 3 aromatic rings. The topological polar surface area (TPSA) is 137 Å². The van der Waals surface area contributed by atoms with E-state index in [1.807, 2.05) is 24.3 Å². The van der Waals surface area contributed by atoms with Crippen molar-refractivity contribution in [3.05, 3.63) is 95.1 Å². The first kappa shape index (κ1) is 29.1. The van der Waals surface area contributed by atoms with Crippen LogP contribution >= 0.6 is 0 Å². The Balaban J connectivity index is 1.50. The number of ketones is 1. The number of aliphatic hydroxyl groups excluding tert-OH is 2. The van der Waals surface area contributed by atoms with Crippen LogP contribution in [-0.4, -0.2) is 60.2 Å². The summed E-state index contributed by atoms with van der Waals surface area (Å²) in [6.07, 6.45) is -1.14. The molecule has 9 heteroatoms. The maximum absolute atomic E-state index is 12.4. The Bertz CT molecular complexity index is 1340. The fraction of sp³-hybridized carbons (Fsp3) is 0.233. The summed E-state index contributed by atoms with van der Waals surface area (Å²) >= 11 is 0. The van der Waals surface area contributed by atoms with Crippen LogP contribution in [0.1, 0.15) is 34.0 Å². The van der Waals surface area contributed by atoms with Crippen molar-refractivity contribution in [2.45, 2.75) is 25.6 Å². The Morgan fingerprint density at radius 3 is 2.18 bits per heavy atom. The van der Waals surface area contributed by atoms with Crippen LogP contribution in [0.2, 0.25) is 0 Å². The Morgan fingerprint density at radius 1 is 0.949 bits per heavy atom. The van der Waals surface area contributed by atoms with Gasteiger partial charge >= 0.3 is 0 Å². The first-order valence-corrected chi connectivity index (χ1v) is 12.3. The van der Waals surface area contributed by atoms with Crippen LogP contribution in [0.25, 0.3) is 0 Å². The third-order valence-corrected chi connectivity index (χ3v) is 5.69. The molecule has 3 aromatic carbocycles. The molecule has 2 amide bonds. The minimum absolute atomic E-state index is 0.157. The lowest BCUT2D eigenvalue weighted by molar-refractivity contribution is -0.125. The quantitative estimate of drug-likeness (QED) is 0.239. The van der Waals surface area contributed by atoms with Gasteiger partial charge in [-0.2, -0.15) is 0 Å². The molecule has 0 unspecified atom stereocenters. The van der Waals surface area contributed by atoms with Gasteiger partial charge in [0, 0.05) is 28.9 Å². The fourth-order valence-electron chi connectivity index (χ4n) is 3.59. The molecule has 0 fully saturated rings. The fourth-order valence-corrected chi connectivity index (χ4v) is 3.59. The van der Waals surface area contributed by atoms with Gasteiger partial charge in [0.2, 0.25) is 5.91 Å². The maximum Gasteiger partial charge on any atom is 0.251 e. The molecule has 202 valence electrons. The van der Waals surface area contributed by atoms with Crippen molar-refractivity contribution in [2.24, 2.45) is 0 Å². The number of methoxy groups -OCH3 is 1. The van der Waals surface area contributed by atoms with E-state index in [2.05, 4.69) is 27.8 Å². The molecule has 0 bridgehead atoms. The molecule has 0 radical (unpaired) electrons. The van der Waals surface area contributed by atoms with E-state index in [0.717, 1.165) is 16.9 Å². The van der Waals surface area contributed by atoms with Gasteiger partial charge in [-0.25, -0.2) is 0 Å². The SMILES string of the molecule is COc1cccc(CNCC(=O)Nc2ccc(C#Cc3ccc(C(=O)N[C@H](C(=O)CO)[C@@H](C)O)cc3)cc2)c1. The Morgan fingerprint density at radius 2 is 1.59 bits per heavy atom. The Hall–Kier alpha value is -4.49. The molecule has 0 aromatic heterocycles. The molecule has 0 saturated carbocycles. The highest BCUT2D eigenvalue weighted by atomic mass is 16.5. The molecule has 0 aliphatic carbocycles. The van der Waals surface area contributed by atoms with E-state index in [9.17, 15) is 19.5 Å². The molecule has 2 atom stereocenters. The van der Waals surface area contributed by atoms with Gasteiger partial charge in [-0.05, 0) is 73.2 Å². The summed E-state index contributed by atoms with van der Waals surface area (Å²) in [7, 11) is 1.61. The van der Waals surface area contributed by atoms with Crippen molar-refractivity contribution in [2.75, 3.05) is 25.6 Å². The Labute approximate surface area is 227 Å². The second-order valence-electron chi connectivity index (χ2n) is 8.72. The number of nitrogens with one attached hydrogen (secondary N) is 3. The number of anilines is 1. The highest BCUT2D eigenvalue weighted by molar-refractivity contribution is 5.98. The number of ether oxygens (including phenoxy) is 1. The molecule has 5 N–H and O–H groups in total. The van der Waals surface area contributed by atoms with Gasteiger partial charge in [-0.3, -0.25) is 14.4 Å². The standard InChI is InChI=1S/C30H31N3O6/c1-20(35)29(27(36)19-34)33-30(38)24-12-8-21(9-13-24)6-7-22-10-14-25(15-11-22)32-28(37)18-31-17-23-4-3-5-26(16-23)39-2/h3-5,8-16,20,29,31,34-35H,17-19H2,1-2H3,(H,32,37)(H,33,38)/t20-,29+/m1/s1. The van der Waals surface area contributed by atoms with E-state index in [4.69, 9.17) is 9.84 Å². The van der Waals surface area contributed by atoms with E-state index >= 15 is 0 Å². The molecule has 39 heavy (non-hydrogen) atoms. The molecule has 0 spiro atoms. The number of hydrogen-bond acceptors (Lipinski definition) is 7. The summed E-state index contributed by atoms with van der Waals surface area (Å²) < 4.78 is 5.20. The van der Waals surface area contributed by atoms with Crippen LogP contribution < -0.4 is 20.7 Å². The predicted octanol–water partition coefficient (Wildman–Crippen LogP) is 1.86. The van der Waals surface area contributed by atoms with Gasteiger partial charge in [0.25, 0.3) is 5.91 Å².